The van der Waals surface area contributed by atoms with E-state index in [1.807, 2.05) is 0 Å². The fourth-order valence-corrected chi connectivity index (χ4v) is 2.98. The monoisotopic (exact) mass is 293 g/mol. The number of hydrogen-bond acceptors (Lipinski definition) is 3. The Kier molecular flexibility index (Phi) is 4.68. The van der Waals surface area contributed by atoms with E-state index in [4.69, 9.17) is 5.11 Å². The molecule has 0 spiro atoms. The number of aliphatic carboxylic acids is 1. The van der Waals surface area contributed by atoms with Crippen LogP contribution < -0.4 is 0 Å². The van der Waals surface area contributed by atoms with Gasteiger partial charge in [0.15, 0.2) is 0 Å². The second-order valence-corrected chi connectivity index (χ2v) is 6.13. The van der Waals surface area contributed by atoms with Gasteiger partial charge in [0.2, 0.25) is 0 Å². The van der Waals surface area contributed by atoms with E-state index in [1.54, 1.807) is 29.2 Å². The minimum atomic E-state index is -1.01. The van der Waals surface area contributed by atoms with Crippen LogP contribution in [0.1, 0.15) is 15.9 Å². The van der Waals surface area contributed by atoms with Gasteiger partial charge >= 0.3 is 5.97 Å². The average molecular weight is 293 g/mol. The highest BCUT2D eigenvalue weighted by molar-refractivity contribution is 7.85. The summed E-state index contributed by atoms with van der Waals surface area (Å²) in [6.07, 6.45) is 2.53. The van der Waals surface area contributed by atoms with Crippen molar-refractivity contribution < 1.29 is 18.9 Å². The van der Waals surface area contributed by atoms with Crippen LogP contribution in [0, 0.1) is 0 Å². The lowest BCUT2D eigenvalue weighted by Gasteiger charge is -2.26. The molecule has 2 rings (SSSR count). The van der Waals surface area contributed by atoms with Gasteiger partial charge in [-0.05, 0) is 23.8 Å². The number of benzene rings is 1. The Hall–Kier alpha value is -1.95. The number of rotatable bonds is 3. The number of carboxylic acids is 1. The summed E-state index contributed by atoms with van der Waals surface area (Å²) in [7, 11) is -0.803. The second kappa shape index (κ2) is 6.47. The first kappa shape index (κ1) is 14.5. The topological polar surface area (TPSA) is 74.7 Å². The highest BCUT2D eigenvalue weighted by Gasteiger charge is 2.20. The van der Waals surface area contributed by atoms with Gasteiger partial charge in [-0.3, -0.25) is 9.00 Å². The molecule has 1 fully saturated rings. The maximum absolute atomic E-state index is 12.2. The molecule has 0 saturated carbocycles. The zero-order valence-corrected chi connectivity index (χ0v) is 11.6. The number of hydrogen-bond donors (Lipinski definition) is 1. The fraction of sp³-hybridized carbons (Fsp3) is 0.286. The highest BCUT2D eigenvalue weighted by atomic mass is 32.2. The Labute approximate surface area is 119 Å². The minimum absolute atomic E-state index is 0.0736. The highest BCUT2D eigenvalue weighted by Crippen LogP contribution is 2.11. The first-order valence-electron chi connectivity index (χ1n) is 6.21. The van der Waals surface area contributed by atoms with Gasteiger partial charge in [-0.1, -0.05) is 12.1 Å². The quantitative estimate of drug-likeness (QED) is 0.843. The Morgan fingerprint density at radius 2 is 1.75 bits per heavy atom. The molecule has 1 aromatic carbocycles. The van der Waals surface area contributed by atoms with E-state index >= 15 is 0 Å². The molecule has 20 heavy (non-hydrogen) atoms. The zero-order valence-electron chi connectivity index (χ0n) is 10.8. The van der Waals surface area contributed by atoms with Crippen molar-refractivity contribution >= 4 is 28.8 Å². The Balaban J connectivity index is 2.04. The Morgan fingerprint density at radius 1 is 1.15 bits per heavy atom. The van der Waals surface area contributed by atoms with Crippen LogP contribution in [0.3, 0.4) is 0 Å². The second-order valence-electron chi connectivity index (χ2n) is 4.43. The van der Waals surface area contributed by atoms with Crippen molar-refractivity contribution in [2.24, 2.45) is 0 Å². The largest absolute Gasteiger partial charge is 0.478 e. The summed E-state index contributed by atoms with van der Waals surface area (Å²) in [6, 6.07) is 6.76. The van der Waals surface area contributed by atoms with Crippen molar-refractivity contribution in [3.63, 3.8) is 0 Å². The predicted molar refractivity (Wildman–Crippen MR) is 76.9 cm³/mol. The molecule has 1 aliphatic rings. The third-order valence-corrected chi connectivity index (χ3v) is 4.32. The lowest BCUT2D eigenvalue weighted by atomic mass is 10.1. The van der Waals surface area contributed by atoms with Crippen molar-refractivity contribution in [3.8, 4) is 0 Å². The van der Waals surface area contributed by atoms with Crippen LogP contribution in [0.25, 0.3) is 6.08 Å². The summed E-state index contributed by atoms with van der Waals surface area (Å²) < 4.78 is 11.3. The molecule has 0 unspecified atom stereocenters. The molecule has 0 bridgehead atoms. The first-order valence-corrected chi connectivity index (χ1v) is 7.70. The molecule has 0 radical (unpaired) electrons. The summed E-state index contributed by atoms with van der Waals surface area (Å²) in [5.41, 5.74) is 1.29. The number of carbonyl (C=O) groups is 2. The van der Waals surface area contributed by atoms with E-state index in [2.05, 4.69) is 0 Å². The summed E-state index contributed by atoms with van der Waals surface area (Å²) in [4.78, 5) is 24.3. The zero-order chi connectivity index (χ0) is 14.5. The molecular weight excluding hydrogens is 278 g/mol. The molecule has 6 heteroatoms. The summed E-state index contributed by atoms with van der Waals surface area (Å²) in [5.74, 6) is -0.0157. The first-order chi connectivity index (χ1) is 9.56. The van der Waals surface area contributed by atoms with Crippen LogP contribution in [0.2, 0.25) is 0 Å². The molecule has 5 nitrogen and oxygen atoms in total. The number of amides is 1. The normalized spacial score (nSPS) is 16.5. The molecule has 1 amide bonds. The van der Waals surface area contributed by atoms with Gasteiger partial charge in [-0.25, -0.2) is 4.79 Å². The maximum Gasteiger partial charge on any atom is 0.328 e. The molecule has 1 saturated heterocycles. The van der Waals surface area contributed by atoms with Gasteiger partial charge in [0, 0.05) is 47.0 Å². The molecule has 1 aliphatic heterocycles. The van der Waals surface area contributed by atoms with Crippen molar-refractivity contribution in [2.45, 2.75) is 0 Å². The van der Waals surface area contributed by atoms with Crippen LogP contribution in [0.15, 0.2) is 30.3 Å². The van der Waals surface area contributed by atoms with Gasteiger partial charge in [0.1, 0.15) is 0 Å². The number of carboxylic acid groups (broad SMARTS) is 1. The van der Waals surface area contributed by atoms with Gasteiger partial charge in [-0.2, -0.15) is 0 Å². The van der Waals surface area contributed by atoms with Crippen molar-refractivity contribution in [3.05, 3.63) is 41.5 Å². The lowest BCUT2D eigenvalue weighted by molar-refractivity contribution is -0.131. The summed E-state index contributed by atoms with van der Waals surface area (Å²) >= 11 is 0. The van der Waals surface area contributed by atoms with E-state index < -0.39 is 16.8 Å². The predicted octanol–water partition coefficient (Wildman–Crippen LogP) is 0.989. The van der Waals surface area contributed by atoms with Crippen LogP contribution in [0.4, 0.5) is 0 Å². The fourth-order valence-electron chi connectivity index (χ4n) is 1.93. The molecule has 0 aromatic heterocycles. The standard InChI is InChI=1S/C14H15NO4S/c16-13(17)6-3-11-1-4-12(5-2-11)14(18)15-7-9-20(19)10-8-15/h1-6H,7-10H2,(H,16,17). The number of nitrogens with zero attached hydrogens (tertiary/aromatic N) is 1. The van der Waals surface area contributed by atoms with E-state index in [1.165, 1.54) is 6.08 Å². The lowest BCUT2D eigenvalue weighted by Crippen LogP contribution is -2.41. The van der Waals surface area contributed by atoms with Crippen LogP contribution in [0.5, 0.6) is 0 Å². The van der Waals surface area contributed by atoms with Gasteiger partial charge in [0.25, 0.3) is 5.91 Å². The molecular formula is C14H15NO4S. The van der Waals surface area contributed by atoms with Crippen molar-refractivity contribution in [1.29, 1.82) is 0 Å². The van der Waals surface area contributed by atoms with Gasteiger partial charge in [0.05, 0.1) is 0 Å². The van der Waals surface area contributed by atoms with Crippen LogP contribution >= 0.6 is 0 Å². The van der Waals surface area contributed by atoms with E-state index in [0.717, 1.165) is 11.6 Å². The van der Waals surface area contributed by atoms with Gasteiger partial charge in [-0.15, -0.1) is 0 Å². The third-order valence-electron chi connectivity index (χ3n) is 3.04. The number of carbonyl (C=O) groups excluding carboxylic acids is 1. The summed E-state index contributed by atoms with van der Waals surface area (Å²) in [6.45, 7) is 1.04. The minimum Gasteiger partial charge on any atom is -0.478 e. The smallest absolute Gasteiger partial charge is 0.328 e. The SMILES string of the molecule is O=C(O)C=Cc1ccc(C(=O)N2CCS(=O)CC2)cc1. The van der Waals surface area contributed by atoms with Gasteiger partial charge < -0.3 is 10.0 Å². The third kappa shape index (κ3) is 3.77. The molecule has 0 aliphatic carbocycles. The summed E-state index contributed by atoms with van der Waals surface area (Å²) in [5, 5.41) is 8.54. The molecule has 106 valence electrons. The molecule has 1 N–H and O–H groups in total. The van der Waals surface area contributed by atoms with Crippen molar-refractivity contribution in [1.82, 2.24) is 4.90 Å². The van der Waals surface area contributed by atoms with Crippen LogP contribution in [-0.4, -0.2) is 50.7 Å². The van der Waals surface area contributed by atoms with E-state index in [-0.39, 0.29) is 5.91 Å². The molecule has 1 aromatic rings. The average Bonchev–Trinajstić information content (AvgIpc) is 2.46. The molecule has 1 heterocycles. The Morgan fingerprint density at radius 3 is 2.30 bits per heavy atom. The van der Waals surface area contributed by atoms with Crippen LogP contribution in [-0.2, 0) is 15.6 Å². The van der Waals surface area contributed by atoms with E-state index in [0.29, 0.717) is 30.2 Å². The Bertz CT molecular complexity index is 555. The van der Waals surface area contributed by atoms with E-state index in [9.17, 15) is 13.8 Å². The maximum atomic E-state index is 12.2. The van der Waals surface area contributed by atoms with Crippen molar-refractivity contribution in [2.75, 3.05) is 24.6 Å². The molecule has 0 atom stereocenters.